The zero-order chi connectivity index (χ0) is 20.5. The minimum absolute atomic E-state index is 0.00590. The lowest BCUT2D eigenvalue weighted by atomic mass is 10.1. The number of aromatic nitrogens is 2. The highest BCUT2D eigenvalue weighted by molar-refractivity contribution is 5.98. The van der Waals surface area contributed by atoms with Crippen molar-refractivity contribution in [3.05, 3.63) is 35.5 Å². The zero-order valence-electron chi connectivity index (χ0n) is 17.3. The molecule has 0 aliphatic carbocycles. The molecule has 1 amide bonds. The van der Waals surface area contributed by atoms with Crippen molar-refractivity contribution in [1.82, 2.24) is 14.9 Å². The van der Waals surface area contributed by atoms with Gasteiger partial charge in [0.15, 0.2) is 11.5 Å². The number of hydrogen-bond donors (Lipinski definition) is 0. The molecule has 0 unspecified atom stereocenters. The molecule has 158 valence electrons. The molecule has 2 fully saturated rings. The SMILES string of the molecule is Cc1cc(N2CCN(C(=O)c3cccc4c3OCCO4)CC2)nc(N2CCCC2)n1. The van der Waals surface area contributed by atoms with Crippen molar-refractivity contribution in [2.75, 3.05) is 62.3 Å². The minimum atomic E-state index is -0.00590. The summed E-state index contributed by atoms with van der Waals surface area (Å²) in [6.45, 7) is 7.83. The highest BCUT2D eigenvalue weighted by Gasteiger charge is 2.28. The lowest BCUT2D eigenvalue weighted by Crippen LogP contribution is -2.49. The first-order valence-corrected chi connectivity index (χ1v) is 10.7. The van der Waals surface area contributed by atoms with Crippen LogP contribution in [0.3, 0.4) is 0 Å². The molecule has 0 atom stereocenters. The summed E-state index contributed by atoms with van der Waals surface area (Å²) in [5.41, 5.74) is 1.56. The van der Waals surface area contributed by atoms with Crippen molar-refractivity contribution < 1.29 is 14.3 Å². The molecule has 4 heterocycles. The maximum absolute atomic E-state index is 13.1. The third kappa shape index (κ3) is 3.62. The van der Waals surface area contributed by atoms with E-state index in [2.05, 4.69) is 14.8 Å². The fourth-order valence-electron chi connectivity index (χ4n) is 4.31. The van der Waals surface area contributed by atoms with Crippen molar-refractivity contribution in [2.24, 2.45) is 0 Å². The number of piperazine rings is 1. The molecule has 3 aliphatic heterocycles. The van der Waals surface area contributed by atoms with Gasteiger partial charge in [-0.2, -0.15) is 4.98 Å². The third-order valence-corrected chi connectivity index (χ3v) is 5.91. The van der Waals surface area contributed by atoms with Crippen LogP contribution in [0.15, 0.2) is 24.3 Å². The average molecular weight is 409 g/mol. The van der Waals surface area contributed by atoms with Crippen LogP contribution in [0.4, 0.5) is 11.8 Å². The van der Waals surface area contributed by atoms with Crippen LogP contribution in [0.1, 0.15) is 28.9 Å². The van der Waals surface area contributed by atoms with E-state index in [1.165, 1.54) is 12.8 Å². The number of carbonyl (C=O) groups excluding carboxylic acids is 1. The van der Waals surface area contributed by atoms with Gasteiger partial charge in [-0.1, -0.05) is 6.07 Å². The maximum atomic E-state index is 13.1. The van der Waals surface area contributed by atoms with Gasteiger partial charge < -0.3 is 24.2 Å². The molecule has 0 saturated carbocycles. The van der Waals surface area contributed by atoms with E-state index in [0.29, 0.717) is 43.4 Å². The molecule has 5 rings (SSSR count). The average Bonchev–Trinajstić information content (AvgIpc) is 3.33. The Balaban J connectivity index is 1.28. The van der Waals surface area contributed by atoms with Gasteiger partial charge in [-0.15, -0.1) is 0 Å². The molecule has 2 aromatic rings. The van der Waals surface area contributed by atoms with Crippen LogP contribution in [0.5, 0.6) is 11.5 Å². The van der Waals surface area contributed by atoms with Crippen molar-refractivity contribution in [1.29, 1.82) is 0 Å². The van der Waals surface area contributed by atoms with Gasteiger partial charge in [0.2, 0.25) is 5.95 Å². The van der Waals surface area contributed by atoms with E-state index in [-0.39, 0.29) is 5.91 Å². The van der Waals surface area contributed by atoms with Crippen molar-refractivity contribution in [2.45, 2.75) is 19.8 Å². The van der Waals surface area contributed by atoms with Gasteiger partial charge in [0.05, 0.1) is 5.56 Å². The first-order chi connectivity index (χ1) is 14.7. The van der Waals surface area contributed by atoms with Gasteiger partial charge >= 0.3 is 0 Å². The van der Waals surface area contributed by atoms with Gasteiger partial charge in [0.1, 0.15) is 19.0 Å². The Morgan fingerprint density at radius 3 is 2.50 bits per heavy atom. The van der Waals surface area contributed by atoms with E-state index in [1.807, 2.05) is 36.1 Å². The molecule has 0 radical (unpaired) electrons. The number of amides is 1. The second kappa shape index (κ2) is 8.01. The Morgan fingerprint density at radius 1 is 0.933 bits per heavy atom. The zero-order valence-corrected chi connectivity index (χ0v) is 17.3. The topological polar surface area (TPSA) is 71.0 Å². The molecule has 3 aliphatic rings. The van der Waals surface area contributed by atoms with Crippen molar-refractivity contribution >= 4 is 17.7 Å². The summed E-state index contributed by atoms with van der Waals surface area (Å²) >= 11 is 0. The predicted octanol–water partition coefficient (Wildman–Crippen LogP) is 2.12. The highest BCUT2D eigenvalue weighted by atomic mass is 16.6. The van der Waals surface area contributed by atoms with Crippen LogP contribution >= 0.6 is 0 Å². The first-order valence-electron chi connectivity index (χ1n) is 10.7. The van der Waals surface area contributed by atoms with Gasteiger partial charge in [-0.3, -0.25) is 4.79 Å². The molecule has 8 nitrogen and oxygen atoms in total. The fraction of sp³-hybridized carbons (Fsp3) is 0.500. The van der Waals surface area contributed by atoms with Crippen LogP contribution in [-0.2, 0) is 0 Å². The Kier molecular flexibility index (Phi) is 5.06. The lowest BCUT2D eigenvalue weighted by molar-refractivity contribution is 0.0736. The standard InChI is InChI=1S/C22H27N5O3/c1-16-15-19(24-22(23-16)27-7-2-3-8-27)25-9-11-26(12-10-25)21(28)17-5-4-6-18-20(17)30-14-13-29-18/h4-6,15H,2-3,7-14H2,1H3. The van der Waals surface area contributed by atoms with Crippen LogP contribution in [0, 0.1) is 6.92 Å². The predicted molar refractivity (Wildman–Crippen MR) is 114 cm³/mol. The number of para-hydroxylation sites is 1. The Morgan fingerprint density at radius 2 is 1.70 bits per heavy atom. The fourth-order valence-corrected chi connectivity index (χ4v) is 4.31. The van der Waals surface area contributed by atoms with E-state index >= 15 is 0 Å². The molecular formula is C22H27N5O3. The number of benzene rings is 1. The number of rotatable bonds is 3. The van der Waals surface area contributed by atoms with E-state index < -0.39 is 0 Å². The smallest absolute Gasteiger partial charge is 0.257 e. The van der Waals surface area contributed by atoms with Gasteiger partial charge in [-0.25, -0.2) is 4.98 Å². The molecule has 0 N–H and O–H groups in total. The first kappa shape index (κ1) is 19.0. The van der Waals surface area contributed by atoms with Crippen molar-refractivity contribution in [3.63, 3.8) is 0 Å². The molecule has 0 bridgehead atoms. The maximum Gasteiger partial charge on any atom is 0.257 e. The van der Waals surface area contributed by atoms with Crippen molar-refractivity contribution in [3.8, 4) is 11.5 Å². The van der Waals surface area contributed by atoms with E-state index in [1.54, 1.807) is 0 Å². The number of nitrogens with zero attached hydrogens (tertiary/aromatic N) is 5. The largest absolute Gasteiger partial charge is 0.486 e. The third-order valence-electron chi connectivity index (χ3n) is 5.91. The van der Waals surface area contributed by atoms with E-state index in [9.17, 15) is 4.79 Å². The molecule has 0 spiro atoms. The Bertz CT molecular complexity index is 936. The van der Waals surface area contributed by atoms with Gasteiger partial charge in [0.25, 0.3) is 5.91 Å². The van der Waals surface area contributed by atoms with Crippen LogP contribution in [0.25, 0.3) is 0 Å². The van der Waals surface area contributed by atoms with E-state index in [4.69, 9.17) is 14.5 Å². The number of carbonyl (C=O) groups is 1. The lowest BCUT2D eigenvalue weighted by Gasteiger charge is -2.36. The summed E-state index contributed by atoms with van der Waals surface area (Å²) in [7, 11) is 0. The number of fused-ring (bicyclic) bond motifs is 1. The van der Waals surface area contributed by atoms with Crippen LogP contribution in [-0.4, -0.2) is 73.3 Å². The summed E-state index contributed by atoms with van der Waals surface area (Å²) in [4.78, 5) is 29.0. The summed E-state index contributed by atoms with van der Waals surface area (Å²) < 4.78 is 11.3. The molecule has 1 aromatic heterocycles. The molecule has 30 heavy (non-hydrogen) atoms. The number of hydrogen-bond acceptors (Lipinski definition) is 7. The second-order valence-corrected chi connectivity index (χ2v) is 7.97. The number of anilines is 2. The normalized spacial score (nSPS) is 18.6. The van der Waals surface area contributed by atoms with Gasteiger partial charge in [-0.05, 0) is 31.9 Å². The molecular weight excluding hydrogens is 382 g/mol. The summed E-state index contributed by atoms with van der Waals surface area (Å²) in [5, 5.41) is 0. The number of aryl methyl sites for hydroxylation is 1. The molecule has 2 saturated heterocycles. The summed E-state index contributed by atoms with van der Waals surface area (Å²) in [5.74, 6) is 2.99. The molecule has 8 heteroatoms. The van der Waals surface area contributed by atoms with E-state index in [0.717, 1.165) is 43.6 Å². The Labute approximate surface area is 176 Å². The van der Waals surface area contributed by atoms with Gasteiger partial charge in [0, 0.05) is 51.0 Å². The summed E-state index contributed by atoms with van der Waals surface area (Å²) in [6, 6.07) is 7.55. The van der Waals surface area contributed by atoms with Crippen LogP contribution in [0.2, 0.25) is 0 Å². The Hall–Kier alpha value is -3.03. The molecule has 1 aromatic carbocycles. The second-order valence-electron chi connectivity index (χ2n) is 7.97. The highest BCUT2D eigenvalue weighted by Crippen LogP contribution is 2.34. The van der Waals surface area contributed by atoms with Crippen LogP contribution < -0.4 is 19.3 Å². The number of ether oxygens (including phenoxy) is 2. The minimum Gasteiger partial charge on any atom is -0.486 e. The quantitative estimate of drug-likeness (QED) is 0.769. The summed E-state index contributed by atoms with van der Waals surface area (Å²) in [6.07, 6.45) is 2.40. The monoisotopic (exact) mass is 409 g/mol.